The molecule has 0 fully saturated rings. The Labute approximate surface area is 102 Å². The SMILES string of the molecule is Cc1ccccc1C1Cc2cccc(C)c2N1. The smallest absolute Gasteiger partial charge is 0.0557 e. The van der Waals surface area contributed by atoms with Gasteiger partial charge in [0.1, 0.15) is 0 Å². The van der Waals surface area contributed by atoms with E-state index in [-0.39, 0.29) is 0 Å². The Hall–Kier alpha value is -1.76. The highest BCUT2D eigenvalue weighted by Crippen LogP contribution is 2.36. The number of fused-ring (bicyclic) bond motifs is 1. The lowest BCUT2D eigenvalue weighted by atomic mass is 9.98. The standard InChI is InChI=1S/C16H17N/c1-11-6-3-4-9-14(11)15-10-13-8-5-7-12(2)16(13)17-15/h3-9,15,17H,10H2,1-2H3. The van der Waals surface area contributed by atoms with Crippen LogP contribution in [0.3, 0.4) is 0 Å². The number of benzene rings is 2. The minimum Gasteiger partial charge on any atom is -0.377 e. The fraction of sp³-hybridized carbons (Fsp3) is 0.250. The van der Waals surface area contributed by atoms with Gasteiger partial charge in [0.25, 0.3) is 0 Å². The molecule has 1 unspecified atom stereocenters. The van der Waals surface area contributed by atoms with Crippen LogP contribution < -0.4 is 5.32 Å². The molecule has 86 valence electrons. The Morgan fingerprint density at radius 2 is 1.71 bits per heavy atom. The van der Waals surface area contributed by atoms with Crippen molar-refractivity contribution in [2.45, 2.75) is 26.3 Å². The van der Waals surface area contributed by atoms with Crippen LogP contribution in [-0.4, -0.2) is 0 Å². The maximum absolute atomic E-state index is 3.66. The van der Waals surface area contributed by atoms with Crippen LogP contribution in [0.1, 0.15) is 28.3 Å². The van der Waals surface area contributed by atoms with E-state index in [4.69, 9.17) is 0 Å². The van der Waals surface area contributed by atoms with Gasteiger partial charge < -0.3 is 5.32 Å². The third-order valence-electron chi connectivity index (χ3n) is 3.67. The topological polar surface area (TPSA) is 12.0 Å². The molecule has 3 rings (SSSR count). The molecular formula is C16H17N. The molecule has 0 amide bonds. The van der Waals surface area contributed by atoms with Crippen LogP contribution in [0.15, 0.2) is 42.5 Å². The molecule has 17 heavy (non-hydrogen) atoms. The largest absolute Gasteiger partial charge is 0.377 e. The second kappa shape index (κ2) is 3.92. The molecule has 0 radical (unpaired) electrons. The average molecular weight is 223 g/mol. The monoisotopic (exact) mass is 223 g/mol. The van der Waals surface area contributed by atoms with Gasteiger partial charge in [0.2, 0.25) is 0 Å². The van der Waals surface area contributed by atoms with Crippen molar-refractivity contribution in [1.82, 2.24) is 0 Å². The lowest BCUT2D eigenvalue weighted by Crippen LogP contribution is -2.07. The number of hydrogen-bond donors (Lipinski definition) is 1. The Balaban J connectivity index is 1.97. The van der Waals surface area contributed by atoms with Crippen LogP contribution >= 0.6 is 0 Å². The summed E-state index contributed by atoms with van der Waals surface area (Å²) in [6, 6.07) is 15.6. The molecule has 0 spiro atoms. The van der Waals surface area contributed by atoms with Crippen molar-refractivity contribution in [2.75, 3.05) is 5.32 Å². The van der Waals surface area contributed by atoms with E-state index in [1.165, 1.54) is 27.9 Å². The Kier molecular flexibility index (Phi) is 2.40. The van der Waals surface area contributed by atoms with Crippen molar-refractivity contribution >= 4 is 5.69 Å². The highest BCUT2D eigenvalue weighted by molar-refractivity contribution is 5.63. The second-order valence-electron chi connectivity index (χ2n) is 4.87. The van der Waals surface area contributed by atoms with E-state index in [0.717, 1.165) is 6.42 Å². The van der Waals surface area contributed by atoms with Gasteiger partial charge >= 0.3 is 0 Å². The molecule has 0 aliphatic carbocycles. The zero-order valence-electron chi connectivity index (χ0n) is 10.3. The average Bonchev–Trinajstić information content (AvgIpc) is 2.75. The number of aryl methyl sites for hydroxylation is 2. The zero-order valence-corrected chi connectivity index (χ0v) is 10.3. The molecule has 1 nitrogen and oxygen atoms in total. The van der Waals surface area contributed by atoms with Crippen LogP contribution in [0.4, 0.5) is 5.69 Å². The molecule has 0 saturated carbocycles. The summed E-state index contributed by atoms with van der Waals surface area (Å²) >= 11 is 0. The van der Waals surface area contributed by atoms with Gasteiger partial charge in [-0.2, -0.15) is 0 Å². The number of anilines is 1. The van der Waals surface area contributed by atoms with Crippen molar-refractivity contribution in [3.05, 3.63) is 64.7 Å². The van der Waals surface area contributed by atoms with Gasteiger partial charge in [0.15, 0.2) is 0 Å². The van der Waals surface area contributed by atoms with Crippen LogP contribution in [0.2, 0.25) is 0 Å². The van der Waals surface area contributed by atoms with E-state index >= 15 is 0 Å². The Morgan fingerprint density at radius 1 is 0.941 bits per heavy atom. The maximum Gasteiger partial charge on any atom is 0.0557 e. The van der Waals surface area contributed by atoms with E-state index in [2.05, 4.69) is 61.6 Å². The maximum atomic E-state index is 3.66. The van der Waals surface area contributed by atoms with Crippen LogP contribution in [0, 0.1) is 13.8 Å². The molecule has 1 atom stereocenters. The molecule has 1 heterocycles. The lowest BCUT2D eigenvalue weighted by Gasteiger charge is -2.14. The second-order valence-corrected chi connectivity index (χ2v) is 4.87. The first-order valence-electron chi connectivity index (χ1n) is 6.16. The van der Waals surface area contributed by atoms with Gasteiger partial charge in [-0.3, -0.25) is 0 Å². The Bertz CT molecular complexity index is 557. The van der Waals surface area contributed by atoms with Gasteiger partial charge in [-0.1, -0.05) is 42.5 Å². The molecule has 1 aliphatic heterocycles. The molecular weight excluding hydrogens is 206 g/mol. The molecule has 0 bridgehead atoms. The number of nitrogens with one attached hydrogen (secondary N) is 1. The van der Waals surface area contributed by atoms with E-state index in [1.807, 2.05) is 0 Å². The Morgan fingerprint density at radius 3 is 2.47 bits per heavy atom. The molecule has 2 aromatic carbocycles. The highest BCUT2D eigenvalue weighted by atomic mass is 15.0. The minimum absolute atomic E-state index is 0.437. The van der Waals surface area contributed by atoms with Gasteiger partial charge in [0, 0.05) is 5.69 Å². The summed E-state index contributed by atoms with van der Waals surface area (Å²) in [6.45, 7) is 4.36. The first-order valence-corrected chi connectivity index (χ1v) is 6.16. The summed E-state index contributed by atoms with van der Waals surface area (Å²) in [5.74, 6) is 0. The van der Waals surface area contributed by atoms with Crippen molar-refractivity contribution in [3.63, 3.8) is 0 Å². The summed E-state index contributed by atoms with van der Waals surface area (Å²) < 4.78 is 0. The van der Waals surface area contributed by atoms with Crippen molar-refractivity contribution in [1.29, 1.82) is 0 Å². The quantitative estimate of drug-likeness (QED) is 0.770. The van der Waals surface area contributed by atoms with Gasteiger partial charge in [-0.05, 0) is 42.5 Å². The molecule has 0 aromatic heterocycles. The van der Waals surface area contributed by atoms with Gasteiger partial charge in [-0.15, -0.1) is 0 Å². The van der Waals surface area contributed by atoms with E-state index in [9.17, 15) is 0 Å². The molecule has 0 saturated heterocycles. The normalized spacial score (nSPS) is 17.6. The fourth-order valence-electron chi connectivity index (χ4n) is 2.72. The van der Waals surface area contributed by atoms with Crippen molar-refractivity contribution < 1.29 is 0 Å². The van der Waals surface area contributed by atoms with Crippen LogP contribution in [0.25, 0.3) is 0 Å². The van der Waals surface area contributed by atoms with Crippen molar-refractivity contribution in [3.8, 4) is 0 Å². The van der Waals surface area contributed by atoms with Crippen LogP contribution in [-0.2, 0) is 6.42 Å². The third-order valence-corrected chi connectivity index (χ3v) is 3.67. The minimum atomic E-state index is 0.437. The first kappa shape index (κ1) is 10.4. The van der Waals surface area contributed by atoms with Gasteiger partial charge in [0.05, 0.1) is 6.04 Å². The molecule has 1 N–H and O–H groups in total. The van der Waals surface area contributed by atoms with Crippen LogP contribution in [0.5, 0.6) is 0 Å². The summed E-state index contributed by atoms with van der Waals surface area (Å²) in [5.41, 5.74) is 6.91. The highest BCUT2D eigenvalue weighted by Gasteiger charge is 2.23. The lowest BCUT2D eigenvalue weighted by molar-refractivity contribution is 0.816. The number of rotatable bonds is 1. The van der Waals surface area contributed by atoms with E-state index in [0.29, 0.717) is 6.04 Å². The number of hydrogen-bond acceptors (Lipinski definition) is 1. The predicted octanol–water partition coefficient (Wildman–Crippen LogP) is 4.01. The molecule has 2 aromatic rings. The molecule has 1 heteroatoms. The van der Waals surface area contributed by atoms with Crippen molar-refractivity contribution in [2.24, 2.45) is 0 Å². The molecule has 1 aliphatic rings. The summed E-state index contributed by atoms with van der Waals surface area (Å²) in [4.78, 5) is 0. The zero-order chi connectivity index (χ0) is 11.8. The van der Waals surface area contributed by atoms with E-state index < -0.39 is 0 Å². The first-order chi connectivity index (χ1) is 8.25. The summed E-state index contributed by atoms with van der Waals surface area (Å²) in [6.07, 6.45) is 1.10. The van der Waals surface area contributed by atoms with Gasteiger partial charge in [-0.25, -0.2) is 0 Å². The van der Waals surface area contributed by atoms with E-state index in [1.54, 1.807) is 0 Å². The fourth-order valence-corrected chi connectivity index (χ4v) is 2.72. The third kappa shape index (κ3) is 1.72. The number of para-hydroxylation sites is 1. The predicted molar refractivity (Wildman–Crippen MR) is 72.4 cm³/mol. The summed E-state index contributed by atoms with van der Waals surface area (Å²) in [5, 5.41) is 3.66. The summed E-state index contributed by atoms with van der Waals surface area (Å²) in [7, 11) is 0.